The van der Waals surface area contributed by atoms with Gasteiger partial charge in [-0.15, -0.1) is 0 Å². The van der Waals surface area contributed by atoms with E-state index in [-0.39, 0.29) is 11.9 Å². The summed E-state index contributed by atoms with van der Waals surface area (Å²) in [7, 11) is 0. The molecule has 124 valence electrons. The van der Waals surface area contributed by atoms with Gasteiger partial charge in [0.1, 0.15) is 0 Å². The van der Waals surface area contributed by atoms with Gasteiger partial charge in [-0.2, -0.15) is 5.10 Å². The molecule has 4 rings (SSSR count). The minimum Gasteiger partial charge on any atom is -0.377 e. The maximum absolute atomic E-state index is 13.1. The first-order valence-corrected chi connectivity index (χ1v) is 8.12. The van der Waals surface area contributed by atoms with Crippen LogP contribution in [0, 0.1) is 13.8 Å². The van der Waals surface area contributed by atoms with Crippen molar-refractivity contribution < 1.29 is 9.53 Å². The number of aromatic nitrogens is 3. The molecule has 6 nitrogen and oxygen atoms in total. The van der Waals surface area contributed by atoms with Gasteiger partial charge in [-0.05, 0) is 43.7 Å². The lowest BCUT2D eigenvalue weighted by atomic mass is 10.1. The molecule has 1 saturated heterocycles. The third-order valence-electron chi connectivity index (χ3n) is 4.83. The monoisotopic (exact) mass is 324 g/mol. The second kappa shape index (κ2) is 5.79. The summed E-state index contributed by atoms with van der Waals surface area (Å²) in [6.45, 7) is 5.74. The van der Waals surface area contributed by atoms with Gasteiger partial charge in [0, 0.05) is 34.9 Å². The molecular weight excluding hydrogens is 304 g/mol. The van der Waals surface area contributed by atoms with Crippen molar-refractivity contribution in [2.24, 2.45) is 0 Å². The first-order valence-electron chi connectivity index (χ1n) is 8.12. The van der Waals surface area contributed by atoms with Gasteiger partial charge in [0.05, 0.1) is 24.9 Å². The Morgan fingerprint density at radius 1 is 1.33 bits per heavy atom. The highest BCUT2D eigenvalue weighted by molar-refractivity contribution is 5.99. The van der Waals surface area contributed by atoms with Gasteiger partial charge in [0.2, 0.25) is 0 Å². The molecule has 2 aromatic heterocycles. The molecule has 1 aromatic carbocycles. The Kier molecular flexibility index (Phi) is 3.61. The van der Waals surface area contributed by atoms with E-state index < -0.39 is 0 Å². The first-order chi connectivity index (χ1) is 11.6. The number of carbonyl (C=O) groups is 1. The Hall–Kier alpha value is -2.60. The Morgan fingerprint density at radius 3 is 3.00 bits per heavy atom. The molecule has 1 fully saturated rings. The number of aromatic amines is 2. The van der Waals surface area contributed by atoms with Crippen LogP contribution in [0.3, 0.4) is 0 Å². The number of aryl methyl sites for hydroxylation is 2. The third-order valence-corrected chi connectivity index (χ3v) is 4.83. The van der Waals surface area contributed by atoms with Gasteiger partial charge in [0.25, 0.3) is 5.91 Å². The zero-order valence-corrected chi connectivity index (χ0v) is 13.8. The summed E-state index contributed by atoms with van der Waals surface area (Å²) >= 11 is 0. The van der Waals surface area contributed by atoms with Crippen molar-refractivity contribution in [3.8, 4) is 0 Å². The Balaban J connectivity index is 1.70. The minimum atomic E-state index is -0.126. The molecule has 0 spiro atoms. The Morgan fingerprint density at radius 2 is 2.21 bits per heavy atom. The van der Waals surface area contributed by atoms with Crippen molar-refractivity contribution in [3.63, 3.8) is 0 Å². The van der Waals surface area contributed by atoms with Crippen molar-refractivity contribution in [1.29, 1.82) is 0 Å². The summed E-state index contributed by atoms with van der Waals surface area (Å²) in [5.41, 5.74) is 4.99. The number of rotatable bonds is 2. The number of morpholine rings is 1. The van der Waals surface area contributed by atoms with Crippen molar-refractivity contribution in [1.82, 2.24) is 20.1 Å². The van der Waals surface area contributed by atoms with Crippen LogP contribution >= 0.6 is 0 Å². The summed E-state index contributed by atoms with van der Waals surface area (Å²) in [4.78, 5) is 18.3. The molecular formula is C18H20N4O2. The van der Waals surface area contributed by atoms with Crippen molar-refractivity contribution in [2.75, 3.05) is 19.8 Å². The van der Waals surface area contributed by atoms with Crippen LogP contribution in [-0.4, -0.2) is 45.7 Å². The fourth-order valence-electron chi connectivity index (χ4n) is 3.32. The van der Waals surface area contributed by atoms with Crippen LogP contribution in [0.4, 0.5) is 0 Å². The molecule has 2 N–H and O–H groups in total. The summed E-state index contributed by atoms with van der Waals surface area (Å²) in [6.07, 6.45) is 1.70. The van der Waals surface area contributed by atoms with E-state index in [2.05, 4.69) is 22.1 Å². The van der Waals surface area contributed by atoms with Crippen LogP contribution in [0.15, 0.2) is 30.5 Å². The lowest BCUT2D eigenvalue weighted by molar-refractivity contribution is -0.00390. The van der Waals surface area contributed by atoms with E-state index in [1.807, 2.05) is 36.1 Å². The first kappa shape index (κ1) is 15.0. The highest BCUT2D eigenvalue weighted by Crippen LogP contribution is 2.27. The van der Waals surface area contributed by atoms with Crippen LogP contribution in [0.1, 0.15) is 33.4 Å². The molecule has 0 bridgehead atoms. The van der Waals surface area contributed by atoms with Crippen LogP contribution in [0.5, 0.6) is 0 Å². The second-order valence-corrected chi connectivity index (χ2v) is 6.24. The largest absolute Gasteiger partial charge is 0.377 e. The predicted octanol–water partition coefficient (Wildman–Crippen LogP) is 2.72. The molecule has 0 radical (unpaired) electrons. The van der Waals surface area contributed by atoms with Crippen LogP contribution in [0.2, 0.25) is 0 Å². The van der Waals surface area contributed by atoms with Crippen molar-refractivity contribution in [3.05, 3.63) is 53.0 Å². The number of ether oxygens (including phenoxy) is 1. The molecule has 1 aliphatic heterocycles. The SMILES string of the molecule is Cc1[nH]c2ccc(C(=O)N3CCOCC3c3ccn[nH]3)cc2c1C. The lowest BCUT2D eigenvalue weighted by Crippen LogP contribution is -2.43. The van der Waals surface area contributed by atoms with E-state index in [1.54, 1.807) is 6.20 Å². The summed E-state index contributed by atoms with van der Waals surface area (Å²) in [5, 5.41) is 8.05. The van der Waals surface area contributed by atoms with Gasteiger partial charge >= 0.3 is 0 Å². The number of hydrogen-bond donors (Lipinski definition) is 2. The van der Waals surface area contributed by atoms with Gasteiger partial charge < -0.3 is 14.6 Å². The number of nitrogens with one attached hydrogen (secondary N) is 2. The third kappa shape index (κ3) is 2.39. The number of fused-ring (bicyclic) bond motifs is 1. The van der Waals surface area contributed by atoms with Gasteiger partial charge in [0.15, 0.2) is 0 Å². The highest BCUT2D eigenvalue weighted by atomic mass is 16.5. The molecule has 0 aliphatic carbocycles. The Bertz CT molecular complexity index is 882. The van der Waals surface area contributed by atoms with Gasteiger partial charge in [-0.25, -0.2) is 0 Å². The molecule has 1 unspecified atom stereocenters. The molecule has 24 heavy (non-hydrogen) atoms. The number of amides is 1. The normalized spacial score (nSPS) is 18.2. The van der Waals surface area contributed by atoms with E-state index in [0.717, 1.165) is 22.3 Å². The number of hydrogen-bond acceptors (Lipinski definition) is 3. The fourth-order valence-corrected chi connectivity index (χ4v) is 3.32. The summed E-state index contributed by atoms with van der Waals surface area (Å²) < 4.78 is 5.57. The molecule has 6 heteroatoms. The maximum Gasteiger partial charge on any atom is 0.254 e. The fraction of sp³-hybridized carbons (Fsp3) is 0.333. The molecule has 0 saturated carbocycles. The molecule has 3 aromatic rings. The Labute approximate surface area is 139 Å². The standard InChI is InChI=1S/C18H20N4O2/c1-11-12(2)20-15-4-3-13(9-14(11)15)18(23)22-7-8-24-10-17(22)16-5-6-19-21-16/h3-6,9,17,20H,7-8,10H2,1-2H3,(H,19,21). The number of nitrogens with zero attached hydrogens (tertiary/aromatic N) is 2. The average molecular weight is 324 g/mol. The molecule has 1 atom stereocenters. The quantitative estimate of drug-likeness (QED) is 0.761. The number of H-pyrrole nitrogens is 2. The zero-order valence-electron chi connectivity index (χ0n) is 13.8. The van der Waals surface area contributed by atoms with Gasteiger partial charge in [-0.3, -0.25) is 9.89 Å². The highest BCUT2D eigenvalue weighted by Gasteiger charge is 2.30. The predicted molar refractivity (Wildman–Crippen MR) is 91.0 cm³/mol. The topological polar surface area (TPSA) is 74.0 Å². The number of carbonyl (C=O) groups excluding carboxylic acids is 1. The number of benzene rings is 1. The lowest BCUT2D eigenvalue weighted by Gasteiger charge is -2.35. The van der Waals surface area contributed by atoms with Crippen molar-refractivity contribution >= 4 is 16.8 Å². The van der Waals surface area contributed by atoms with Crippen LogP contribution < -0.4 is 0 Å². The van der Waals surface area contributed by atoms with E-state index in [4.69, 9.17) is 4.74 Å². The smallest absolute Gasteiger partial charge is 0.254 e. The van der Waals surface area contributed by atoms with E-state index in [1.165, 1.54) is 5.56 Å². The summed E-state index contributed by atoms with van der Waals surface area (Å²) in [6, 6.07) is 7.62. The molecule has 1 amide bonds. The average Bonchev–Trinajstić information content (AvgIpc) is 3.23. The second-order valence-electron chi connectivity index (χ2n) is 6.24. The maximum atomic E-state index is 13.1. The van der Waals surface area contributed by atoms with E-state index >= 15 is 0 Å². The van der Waals surface area contributed by atoms with E-state index in [9.17, 15) is 4.79 Å². The van der Waals surface area contributed by atoms with Crippen molar-refractivity contribution in [2.45, 2.75) is 19.9 Å². The zero-order chi connectivity index (χ0) is 16.7. The van der Waals surface area contributed by atoms with E-state index in [0.29, 0.717) is 25.3 Å². The van der Waals surface area contributed by atoms with Crippen LogP contribution in [-0.2, 0) is 4.74 Å². The molecule has 1 aliphatic rings. The minimum absolute atomic E-state index is 0.0260. The van der Waals surface area contributed by atoms with Crippen LogP contribution in [0.25, 0.3) is 10.9 Å². The van der Waals surface area contributed by atoms with Gasteiger partial charge in [-0.1, -0.05) is 0 Å². The molecule has 3 heterocycles. The summed E-state index contributed by atoms with van der Waals surface area (Å²) in [5.74, 6) is 0.0260.